The van der Waals surface area contributed by atoms with Crippen LogP contribution in [0.4, 0.5) is 20.2 Å². The van der Waals surface area contributed by atoms with Crippen LogP contribution in [0.3, 0.4) is 0 Å². The molecule has 1 aliphatic rings. The molecule has 5 nitrogen and oxygen atoms in total. The first kappa shape index (κ1) is 14.2. The number of alkyl halides is 2. The van der Waals surface area contributed by atoms with E-state index in [4.69, 9.17) is 5.73 Å². The Bertz CT molecular complexity index is 585. The third kappa shape index (κ3) is 1.65. The summed E-state index contributed by atoms with van der Waals surface area (Å²) in [5.41, 5.74) is 4.31. The number of hydrogen-bond donors (Lipinski definition) is 1. The maximum Gasteiger partial charge on any atom is 0.339 e. The summed E-state index contributed by atoms with van der Waals surface area (Å²) in [6.07, 6.45) is 0. The van der Waals surface area contributed by atoms with E-state index in [0.29, 0.717) is 5.69 Å². The standard InChI is InChI=1S/C13H14F2N2O3/c1-17-10-4-9(16)7(11(18)20-2)3-8(10)13(5-14,6-15)12(17)19/h3-4H,5-6,16H2,1-2H3. The van der Waals surface area contributed by atoms with Crippen LogP contribution in [0.15, 0.2) is 12.1 Å². The molecular weight excluding hydrogens is 270 g/mol. The summed E-state index contributed by atoms with van der Waals surface area (Å²) >= 11 is 0. The lowest BCUT2D eigenvalue weighted by Gasteiger charge is -2.20. The number of nitrogen functional groups attached to an aromatic ring is 1. The predicted octanol–water partition coefficient (Wildman–Crippen LogP) is 1.21. The molecule has 1 aromatic carbocycles. The lowest BCUT2D eigenvalue weighted by Crippen LogP contribution is -2.42. The summed E-state index contributed by atoms with van der Waals surface area (Å²) in [4.78, 5) is 24.8. The first-order valence-electron chi connectivity index (χ1n) is 5.85. The summed E-state index contributed by atoms with van der Waals surface area (Å²) in [5, 5.41) is 0. The second kappa shape index (κ2) is 4.73. The second-order valence-electron chi connectivity index (χ2n) is 4.66. The van der Waals surface area contributed by atoms with Crippen molar-refractivity contribution in [3.8, 4) is 0 Å². The van der Waals surface area contributed by atoms with Crippen LogP contribution in [0.1, 0.15) is 15.9 Å². The van der Waals surface area contributed by atoms with Gasteiger partial charge in [-0.2, -0.15) is 0 Å². The average Bonchev–Trinajstić information content (AvgIpc) is 2.66. The minimum absolute atomic E-state index is 0.0133. The molecule has 1 heterocycles. The molecular formula is C13H14F2N2O3. The van der Waals surface area contributed by atoms with Crippen LogP contribution in [0, 0.1) is 0 Å². The number of rotatable bonds is 3. The van der Waals surface area contributed by atoms with Crippen molar-refractivity contribution >= 4 is 23.3 Å². The number of hydrogen-bond acceptors (Lipinski definition) is 4. The summed E-state index contributed by atoms with van der Waals surface area (Å²) in [6.45, 7) is -2.38. The Morgan fingerprint density at radius 3 is 2.50 bits per heavy atom. The zero-order valence-electron chi connectivity index (χ0n) is 11.1. The maximum atomic E-state index is 13.3. The molecule has 1 amide bonds. The molecule has 0 bridgehead atoms. The van der Waals surface area contributed by atoms with E-state index >= 15 is 0 Å². The number of methoxy groups -OCH3 is 1. The fraction of sp³-hybridized carbons (Fsp3) is 0.385. The van der Waals surface area contributed by atoms with Crippen LogP contribution in [-0.4, -0.2) is 39.4 Å². The highest BCUT2D eigenvalue weighted by molar-refractivity contribution is 6.10. The highest BCUT2D eigenvalue weighted by Crippen LogP contribution is 2.44. The first-order chi connectivity index (χ1) is 9.42. The quantitative estimate of drug-likeness (QED) is 0.669. The van der Waals surface area contributed by atoms with Crippen molar-refractivity contribution in [3.63, 3.8) is 0 Å². The zero-order valence-corrected chi connectivity index (χ0v) is 11.1. The van der Waals surface area contributed by atoms with E-state index in [1.54, 1.807) is 0 Å². The molecule has 0 aromatic heterocycles. The van der Waals surface area contributed by atoms with Crippen molar-refractivity contribution in [2.75, 3.05) is 38.1 Å². The van der Waals surface area contributed by atoms with Crippen LogP contribution in [0.2, 0.25) is 0 Å². The lowest BCUT2D eigenvalue weighted by molar-refractivity contribution is -0.124. The Morgan fingerprint density at radius 1 is 1.40 bits per heavy atom. The maximum absolute atomic E-state index is 13.3. The number of nitrogens with two attached hydrogens (primary N) is 1. The molecule has 0 unspecified atom stereocenters. The van der Waals surface area contributed by atoms with Gasteiger partial charge in [-0.3, -0.25) is 4.79 Å². The molecule has 0 saturated heterocycles. The van der Waals surface area contributed by atoms with Crippen molar-refractivity contribution in [1.82, 2.24) is 0 Å². The van der Waals surface area contributed by atoms with Gasteiger partial charge in [0.25, 0.3) is 0 Å². The van der Waals surface area contributed by atoms with Crippen LogP contribution < -0.4 is 10.6 Å². The molecule has 2 N–H and O–H groups in total. The van der Waals surface area contributed by atoms with Crippen molar-refractivity contribution in [1.29, 1.82) is 0 Å². The van der Waals surface area contributed by atoms with Crippen LogP contribution >= 0.6 is 0 Å². The smallest absolute Gasteiger partial charge is 0.339 e. The highest BCUT2D eigenvalue weighted by Gasteiger charge is 2.51. The average molecular weight is 284 g/mol. The molecule has 0 atom stereocenters. The van der Waals surface area contributed by atoms with Crippen molar-refractivity contribution < 1.29 is 23.1 Å². The van der Waals surface area contributed by atoms with Gasteiger partial charge in [0.1, 0.15) is 18.8 Å². The molecule has 0 saturated carbocycles. The van der Waals surface area contributed by atoms with Gasteiger partial charge in [0.05, 0.1) is 12.7 Å². The Labute approximate surface area is 114 Å². The van der Waals surface area contributed by atoms with Gasteiger partial charge in [0.15, 0.2) is 0 Å². The van der Waals surface area contributed by atoms with E-state index in [9.17, 15) is 18.4 Å². The fourth-order valence-electron chi connectivity index (χ4n) is 2.39. The molecule has 1 aromatic rings. The van der Waals surface area contributed by atoms with Gasteiger partial charge in [-0.15, -0.1) is 0 Å². The van der Waals surface area contributed by atoms with Crippen LogP contribution in [0.5, 0.6) is 0 Å². The number of halogens is 2. The molecule has 7 heteroatoms. The number of amides is 1. The van der Waals surface area contributed by atoms with E-state index in [1.165, 1.54) is 26.3 Å². The number of fused-ring (bicyclic) bond motifs is 1. The molecule has 1 aliphatic heterocycles. The molecule has 0 spiro atoms. The van der Waals surface area contributed by atoms with E-state index in [-0.39, 0.29) is 16.8 Å². The number of nitrogens with zero attached hydrogens (tertiary/aromatic N) is 1. The molecule has 2 rings (SSSR count). The van der Waals surface area contributed by atoms with Crippen molar-refractivity contribution in [3.05, 3.63) is 23.3 Å². The van der Waals surface area contributed by atoms with E-state index in [0.717, 1.165) is 4.90 Å². The third-order valence-corrected chi connectivity index (χ3v) is 3.62. The zero-order chi connectivity index (χ0) is 15.1. The Balaban J connectivity index is 2.71. The predicted molar refractivity (Wildman–Crippen MR) is 69.2 cm³/mol. The lowest BCUT2D eigenvalue weighted by atomic mass is 9.83. The Kier molecular flexibility index (Phi) is 3.37. The molecule has 0 aliphatic carbocycles. The molecule has 0 fully saturated rings. The van der Waals surface area contributed by atoms with Gasteiger partial charge in [-0.1, -0.05) is 0 Å². The van der Waals surface area contributed by atoms with Crippen molar-refractivity contribution in [2.45, 2.75) is 5.41 Å². The molecule has 108 valence electrons. The van der Waals surface area contributed by atoms with Crippen LogP contribution in [0.25, 0.3) is 0 Å². The number of esters is 1. The van der Waals surface area contributed by atoms with Gasteiger partial charge < -0.3 is 15.4 Å². The van der Waals surface area contributed by atoms with E-state index < -0.39 is 30.6 Å². The number of carbonyl (C=O) groups excluding carboxylic acids is 2. The van der Waals surface area contributed by atoms with Gasteiger partial charge >= 0.3 is 5.97 Å². The largest absolute Gasteiger partial charge is 0.465 e. The van der Waals surface area contributed by atoms with Crippen LogP contribution in [-0.2, 0) is 14.9 Å². The van der Waals surface area contributed by atoms with Gasteiger partial charge in [0.2, 0.25) is 5.91 Å². The van der Waals surface area contributed by atoms with E-state index in [2.05, 4.69) is 4.74 Å². The normalized spacial score (nSPS) is 16.2. The number of benzene rings is 1. The second-order valence-corrected chi connectivity index (χ2v) is 4.66. The SMILES string of the molecule is COC(=O)c1cc2c(cc1N)N(C)C(=O)C2(CF)CF. The number of ether oxygens (including phenoxy) is 1. The minimum atomic E-state index is -1.90. The summed E-state index contributed by atoms with van der Waals surface area (Å²) in [5.74, 6) is -1.42. The number of anilines is 2. The summed E-state index contributed by atoms with van der Waals surface area (Å²) in [7, 11) is 2.58. The van der Waals surface area contributed by atoms with Gasteiger partial charge in [-0.05, 0) is 17.7 Å². The Hall–Kier alpha value is -2.18. The molecule has 0 radical (unpaired) electrons. The number of carbonyl (C=O) groups is 2. The topological polar surface area (TPSA) is 72.6 Å². The number of likely N-dealkylation sites (N-methyl/N-ethyl adjacent to an activating group) is 1. The van der Waals surface area contributed by atoms with Gasteiger partial charge in [0, 0.05) is 18.4 Å². The minimum Gasteiger partial charge on any atom is -0.465 e. The summed E-state index contributed by atoms with van der Waals surface area (Å²) < 4.78 is 31.2. The first-order valence-corrected chi connectivity index (χ1v) is 5.85. The summed E-state index contributed by atoms with van der Waals surface area (Å²) in [6, 6.07) is 2.59. The monoisotopic (exact) mass is 284 g/mol. The fourth-order valence-corrected chi connectivity index (χ4v) is 2.39. The van der Waals surface area contributed by atoms with Gasteiger partial charge in [-0.25, -0.2) is 13.6 Å². The highest BCUT2D eigenvalue weighted by atomic mass is 19.1. The molecule has 20 heavy (non-hydrogen) atoms. The van der Waals surface area contributed by atoms with E-state index in [1.807, 2.05) is 0 Å². The Morgan fingerprint density at radius 2 is 2.00 bits per heavy atom. The third-order valence-electron chi connectivity index (χ3n) is 3.62. The van der Waals surface area contributed by atoms with Crippen molar-refractivity contribution in [2.24, 2.45) is 0 Å².